The fourth-order valence-electron chi connectivity index (χ4n) is 5.85. The first-order valence-corrected chi connectivity index (χ1v) is 25.3. The van der Waals surface area contributed by atoms with Gasteiger partial charge in [0, 0.05) is 0 Å². The van der Waals surface area contributed by atoms with Crippen LogP contribution < -0.4 is 41.5 Å². The van der Waals surface area contributed by atoms with Crippen molar-refractivity contribution in [3.63, 3.8) is 0 Å². The molecule has 1 aliphatic heterocycles. The van der Waals surface area contributed by atoms with Crippen LogP contribution in [0.1, 0.15) is 0 Å². The Morgan fingerprint density at radius 3 is 0.556 bits per heavy atom. The lowest BCUT2D eigenvalue weighted by Gasteiger charge is -2.33. The molecule has 0 aromatic heterocycles. The second-order valence-corrected chi connectivity index (χ2v) is 30.4. The molecule has 0 fully saturated rings. The Hall–Kier alpha value is -2.25. The van der Waals surface area contributed by atoms with E-state index in [4.69, 9.17) is 0 Å². The number of fused-ring (bicyclic) bond motifs is 8. The minimum absolute atomic E-state index is 1.55. The van der Waals surface area contributed by atoms with Crippen molar-refractivity contribution in [1.29, 1.82) is 0 Å². The summed E-state index contributed by atoms with van der Waals surface area (Å²) in [4.78, 5) is 0. The van der Waals surface area contributed by atoms with E-state index in [1.54, 1.807) is 41.5 Å². The lowest BCUT2D eigenvalue weighted by Crippen LogP contribution is -2.62. The Bertz CT molecular complexity index is 1140. The van der Waals surface area contributed by atoms with Crippen LogP contribution in [0.15, 0.2) is 97.1 Å². The lowest BCUT2D eigenvalue weighted by atomic mass is 10.3. The predicted molar refractivity (Wildman–Crippen MR) is 173 cm³/mol. The molecule has 8 bridgehead atoms. The van der Waals surface area contributed by atoms with Gasteiger partial charge in [-0.25, -0.2) is 0 Å². The third-order valence-corrected chi connectivity index (χ3v) is 23.3. The molecule has 36 heavy (non-hydrogen) atoms. The molecule has 0 amide bonds. The quantitative estimate of drug-likeness (QED) is 0.303. The van der Waals surface area contributed by atoms with Crippen molar-refractivity contribution in [2.75, 3.05) is 0 Å². The van der Waals surface area contributed by atoms with Crippen molar-refractivity contribution in [1.82, 2.24) is 0 Å². The molecule has 5 rings (SSSR count). The predicted octanol–water partition coefficient (Wildman–Crippen LogP) is 3.29. The molecular weight excluding hydrogens is 497 g/mol. The molecule has 4 aromatic rings. The van der Waals surface area contributed by atoms with Crippen molar-refractivity contribution in [3.8, 4) is 0 Å². The molecule has 4 aromatic carbocycles. The fourth-order valence-corrected chi connectivity index (χ4v) is 16.0. The summed E-state index contributed by atoms with van der Waals surface area (Å²) in [5.74, 6) is 0. The zero-order chi connectivity index (χ0) is 25.9. The maximum absolute atomic E-state index is 2.58. The van der Waals surface area contributed by atoms with E-state index in [1.165, 1.54) is 0 Å². The molecule has 0 nitrogen and oxygen atoms in total. The first kappa shape index (κ1) is 25.4. The Morgan fingerprint density at radius 2 is 0.417 bits per heavy atom. The van der Waals surface area contributed by atoms with E-state index in [0.29, 0.717) is 0 Å². The van der Waals surface area contributed by atoms with Crippen LogP contribution in [0.25, 0.3) is 0 Å². The normalized spacial score (nSPS) is 18.9. The molecular formula is C32H40Si4. The van der Waals surface area contributed by atoms with Crippen LogP contribution in [0.5, 0.6) is 0 Å². The summed E-state index contributed by atoms with van der Waals surface area (Å²) < 4.78 is 0. The summed E-state index contributed by atoms with van der Waals surface area (Å²) in [6.45, 7) is 20.3. The van der Waals surface area contributed by atoms with Gasteiger partial charge >= 0.3 is 0 Å². The second-order valence-electron chi connectivity index (χ2n) is 12.8. The molecule has 0 saturated carbocycles. The van der Waals surface area contributed by atoms with E-state index in [1.807, 2.05) is 0 Å². The number of rotatable bonds is 0. The topological polar surface area (TPSA) is 0 Å². The monoisotopic (exact) mass is 536 g/mol. The molecule has 1 heterocycles. The summed E-state index contributed by atoms with van der Waals surface area (Å²) in [5, 5.41) is 12.4. The van der Waals surface area contributed by atoms with Crippen molar-refractivity contribution in [2.24, 2.45) is 0 Å². The van der Waals surface area contributed by atoms with E-state index in [2.05, 4.69) is 149 Å². The summed E-state index contributed by atoms with van der Waals surface area (Å²) in [6.07, 6.45) is 0. The van der Waals surface area contributed by atoms with Crippen LogP contribution in [-0.2, 0) is 0 Å². The van der Waals surface area contributed by atoms with E-state index >= 15 is 0 Å². The molecule has 0 spiro atoms. The van der Waals surface area contributed by atoms with E-state index in [0.717, 1.165) is 0 Å². The van der Waals surface area contributed by atoms with Crippen molar-refractivity contribution in [3.05, 3.63) is 97.1 Å². The van der Waals surface area contributed by atoms with E-state index in [-0.39, 0.29) is 0 Å². The summed E-state index contributed by atoms with van der Waals surface area (Å²) in [7, 11) is -7.40. The molecule has 0 aliphatic carbocycles. The molecule has 4 heteroatoms. The first-order chi connectivity index (χ1) is 16.8. The highest BCUT2D eigenvalue weighted by atomic mass is 28.3. The van der Waals surface area contributed by atoms with Crippen LogP contribution in [0.3, 0.4) is 0 Å². The molecule has 0 saturated heterocycles. The average molecular weight is 537 g/mol. The van der Waals surface area contributed by atoms with E-state index in [9.17, 15) is 0 Å². The molecule has 184 valence electrons. The average Bonchev–Trinajstić information content (AvgIpc) is 2.88. The molecule has 0 radical (unpaired) electrons. The number of hydrogen-bond acceptors (Lipinski definition) is 0. The van der Waals surface area contributed by atoms with Crippen molar-refractivity contribution in [2.45, 2.75) is 52.4 Å². The smallest absolute Gasteiger partial charge is 0.0629 e. The Morgan fingerprint density at radius 1 is 0.278 bits per heavy atom. The second kappa shape index (κ2) is 8.66. The zero-order valence-electron chi connectivity index (χ0n) is 23.2. The van der Waals surface area contributed by atoms with Gasteiger partial charge in [-0.15, -0.1) is 0 Å². The van der Waals surface area contributed by atoms with Gasteiger partial charge < -0.3 is 0 Å². The van der Waals surface area contributed by atoms with Gasteiger partial charge in [0.05, 0.1) is 0 Å². The van der Waals surface area contributed by atoms with Crippen LogP contribution in [0, 0.1) is 0 Å². The highest BCUT2D eigenvalue weighted by molar-refractivity contribution is 7.05. The van der Waals surface area contributed by atoms with Crippen LogP contribution in [0.4, 0.5) is 0 Å². The van der Waals surface area contributed by atoms with Gasteiger partial charge in [-0.3, -0.25) is 0 Å². The standard InChI is InChI=1S/C32H40Si4/c1-33(2)25-13-9-15-27(21-25)34(3,4)29-17-11-19-31(23-29)36(7,8)32-20-12-18-30(24-32)35(5,6)28-16-10-14-26(33)22-28/h9-24H,1-8H3. The SMILES string of the molecule is C[Si]1(C)c2cccc(c2)[Si](C)(C)c2cccc(c2)[Si](C)(C)c2cccc(c2)[Si](C)(C)c2cccc1c2. The fraction of sp³-hybridized carbons (Fsp3) is 0.250. The van der Waals surface area contributed by atoms with Gasteiger partial charge in [0.2, 0.25) is 0 Å². The van der Waals surface area contributed by atoms with Crippen molar-refractivity contribution >= 4 is 73.8 Å². The maximum Gasteiger partial charge on any atom is 0.112 e. The maximum atomic E-state index is 2.58. The highest BCUT2D eigenvalue weighted by Crippen LogP contribution is 2.12. The third-order valence-electron chi connectivity index (χ3n) is 9.22. The van der Waals surface area contributed by atoms with Gasteiger partial charge in [0.25, 0.3) is 0 Å². The molecule has 0 N–H and O–H groups in total. The van der Waals surface area contributed by atoms with Crippen LogP contribution >= 0.6 is 0 Å². The van der Waals surface area contributed by atoms with Crippen LogP contribution in [0.2, 0.25) is 52.4 Å². The van der Waals surface area contributed by atoms with E-state index < -0.39 is 32.3 Å². The van der Waals surface area contributed by atoms with Gasteiger partial charge in [0.15, 0.2) is 0 Å². The van der Waals surface area contributed by atoms with Gasteiger partial charge in [-0.2, -0.15) is 0 Å². The summed E-state index contributed by atoms with van der Waals surface area (Å²) >= 11 is 0. The summed E-state index contributed by atoms with van der Waals surface area (Å²) in [5.41, 5.74) is 0. The highest BCUT2D eigenvalue weighted by Gasteiger charge is 2.35. The van der Waals surface area contributed by atoms with Crippen LogP contribution in [-0.4, -0.2) is 32.3 Å². The first-order valence-electron chi connectivity index (χ1n) is 13.3. The minimum atomic E-state index is -1.85. The number of hydrogen-bond donors (Lipinski definition) is 0. The third kappa shape index (κ3) is 4.08. The van der Waals surface area contributed by atoms with Gasteiger partial charge in [-0.1, -0.05) is 191 Å². The van der Waals surface area contributed by atoms with Gasteiger partial charge in [-0.05, 0) is 0 Å². The van der Waals surface area contributed by atoms with Crippen molar-refractivity contribution < 1.29 is 0 Å². The molecule has 1 aliphatic rings. The molecule has 0 unspecified atom stereocenters. The molecule has 0 atom stereocenters. The Balaban J connectivity index is 1.84. The summed E-state index contributed by atoms with van der Waals surface area (Å²) in [6, 6.07) is 38.8. The lowest BCUT2D eigenvalue weighted by molar-refractivity contribution is 1.64. The Kier molecular flexibility index (Phi) is 6.11. The van der Waals surface area contributed by atoms with Gasteiger partial charge in [0.1, 0.15) is 32.3 Å². The zero-order valence-corrected chi connectivity index (χ0v) is 27.2. The minimum Gasteiger partial charge on any atom is -0.0629 e. The number of benzene rings is 4. The Labute approximate surface area is 222 Å². The largest absolute Gasteiger partial charge is 0.112 e.